The second kappa shape index (κ2) is 4.96. The fourth-order valence-corrected chi connectivity index (χ4v) is 2.46. The Morgan fingerprint density at radius 2 is 1.94 bits per heavy atom. The zero-order valence-corrected chi connectivity index (χ0v) is 10.5. The lowest BCUT2D eigenvalue weighted by molar-refractivity contribution is 0.229. The van der Waals surface area contributed by atoms with E-state index in [-0.39, 0.29) is 17.5 Å². The van der Waals surface area contributed by atoms with Crippen LogP contribution in [0.2, 0.25) is 0 Å². The largest absolute Gasteiger partial charge is 0.508 e. The van der Waals surface area contributed by atoms with Gasteiger partial charge in [0, 0.05) is 23.7 Å². The molecule has 0 amide bonds. The van der Waals surface area contributed by atoms with Crippen LogP contribution in [0.15, 0.2) is 18.2 Å². The fraction of sp³-hybridized carbons (Fsp3) is 0.571. The van der Waals surface area contributed by atoms with Crippen LogP contribution in [0, 0.1) is 5.92 Å². The lowest BCUT2D eigenvalue weighted by Crippen LogP contribution is -2.38. The highest BCUT2D eigenvalue weighted by Crippen LogP contribution is 2.32. The molecule has 3 nitrogen and oxygen atoms in total. The number of benzene rings is 1. The van der Waals surface area contributed by atoms with E-state index in [1.807, 2.05) is 6.92 Å². The smallest absolute Gasteiger partial charge is 0.124 e. The number of aromatic hydroxyl groups is 2. The first-order valence-electron chi connectivity index (χ1n) is 6.36. The molecule has 1 aliphatic rings. The molecule has 0 spiro atoms. The normalized spacial score (nSPS) is 19.6. The van der Waals surface area contributed by atoms with Gasteiger partial charge in [-0.2, -0.15) is 0 Å². The lowest BCUT2D eigenvalue weighted by atomic mass is 9.80. The Balaban J connectivity index is 2.00. The second-order valence-electron chi connectivity index (χ2n) is 5.11. The first-order valence-corrected chi connectivity index (χ1v) is 6.36. The van der Waals surface area contributed by atoms with Gasteiger partial charge in [-0.1, -0.05) is 12.5 Å². The predicted octanol–water partition coefficient (Wildman–Crippen LogP) is 2.94. The standard InChI is InChI=1S/C14H21NO2/c1-9(11-4-3-5-11)15-10(2)13-7-6-12(16)8-14(13)17/h6-11,15-17H,3-5H2,1-2H3. The first kappa shape index (κ1) is 12.2. The van der Waals surface area contributed by atoms with Crippen molar-refractivity contribution in [1.29, 1.82) is 0 Å². The summed E-state index contributed by atoms with van der Waals surface area (Å²) in [6.07, 6.45) is 3.96. The van der Waals surface area contributed by atoms with Gasteiger partial charge in [-0.05, 0) is 38.7 Å². The number of hydrogen-bond acceptors (Lipinski definition) is 3. The predicted molar refractivity (Wildman–Crippen MR) is 68.1 cm³/mol. The number of rotatable bonds is 4. The maximum absolute atomic E-state index is 9.78. The summed E-state index contributed by atoms with van der Waals surface area (Å²) in [5, 5.41) is 22.6. The summed E-state index contributed by atoms with van der Waals surface area (Å²) in [5.74, 6) is 1.04. The van der Waals surface area contributed by atoms with E-state index in [9.17, 15) is 10.2 Å². The summed E-state index contributed by atoms with van der Waals surface area (Å²) in [6.45, 7) is 4.25. The molecule has 1 aliphatic carbocycles. The molecule has 1 aromatic carbocycles. The van der Waals surface area contributed by atoms with E-state index in [0.717, 1.165) is 11.5 Å². The van der Waals surface area contributed by atoms with Crippen LogP contribution in [0.25, 0.3) is 0 Å². The highest BCUT2D eigenvalue weighted by Gasteiger charge is 2.25. The van der Waals surface area contributed by atoms with Crippen LogP contribution in [0.3, 0.4) is 0 Å². The molecule has 3 heteroatoms. The first-order chi connectivity index (χ1) is 8.08. The van der Waals surface area contributed by atoms with Crippen molar-refractivity contribution in [1.82, 2.24) is 5.32 Å². The van der Waals surface area contributed by atoms with Crippen molar-refractivity contribution in [2.75, 3.05) is 0 Å². The van der Waals surface area contributed by atoms with Crippen molar-refractivity contribution in [3.05, 3.63) is 23.8 Å². The van der Waals surface area contributed by atoms with Crippen LogP contribution >= 0.6 is 0 Å². The van der Waals surface area contributed by atoms with E-state index >= 15 is 0 Å². The SMILES string of the molecule is CC(NC(C)C1CCC1)c1ccc(O)cc1O. The Morgan fingerprint density at radius 1 is 1.24 bits per heavy atom. The highest BCUT2D eigenvalue weighted by atomic mass is 16.3. The Bertz CT molecular complexity index is 388. The monoisotopic (exact) mass is 235 g/mol. The molecule has 94 valence electrons. The van der Waals surface area contributed by atoms with Crippen LogP contribution in [-0.2, 0) is 0 Å². The van der Waals surface area contributed by atoms with E-state index in [2.05, 4.69) is 12.2 Å². The molecule has 2 unspecified atom stereocenters. The van der Waals surface area contributed by atoms with Crippen LogP contribution in [0.1, 0.15) is 44.7 Å². The summed E-state index contributed by atoms with van der Waals surface area (Å²) < 4.78 is 0. The van der Waals surface area contributed by atoms with Gasteiger partial charge in [0.25, 0.3) is 0 Å². The van der Waals surface area contributed by atoms with Gasteiger partial charge in [0.2, 0.25) is 0 Å². The summed E-state index contributed by atoms with van der Waals surface area (Å²) in [4.78, 5) is 0. The summed E-state index contributed by atoms with van der Waals surface area (Å²) in [7, 11) is 0. The average molecular weight is 235 g/mol. The molecular weight excluding hydrogens is 214 g/mol. The highest BCUT2D eigenvalue weighted by molar-refractivity contribution is 5.40. The van der Waals surface area contributed by atoms with E-state index in [1.54, 1.807) is 12.1 Å². The van der Waals surface area contributed by atoms with E-state index < -0.39 is 0 Å². The van der Waals surface area contributed by atoms with Crippen molar-refractivity contribution in [3.63, 3.8) is 0 Å². The quantitative estimate of drug-likeness (QED) is 0.752. The molecule has 0 heterocycles. The topological polar surface area (TPSA) is 52.5 Å². The third kappa shape index (κ3) is 2.72. The zero-order chi connectivity index (χ0) is 12.4. The molecule has 1 saturated carbocycles. The maximum Gasteiger partial charge on any atom is 0.124 e. The van der Waals surface area contributed by atoms with Gasteiger partial charge in [0.15, 0.2) is 0 Å². The molecule has 3 N–H and O–H groups in total. The molecule has 0 aromatic heterocycles. The Kier molecular flexibility index (Phi) is 3.57. The van der Waals surface area contributed by atoms with Gasteiger partial charge in [0.05, 0.1) is 0 Å². The lowest BCUT2D eigenvalue weighted by Gasteiger charge is -2.34. The van der Waals surface area contributed by atoms with Crippen molar-refractivity contribution < 1.29 is 10.2 Å². The van der Waals surface area contributed by atoms with Gasteiger partial charge in [0.1, 0.15) is 11.5 Å². The molecular formula is C14H21NO2. The van der Waals surface area contributed by atoms with E-state index in [1.165, 1.54) is 25.3 Å². The Labute approximate surface area is 102 Å². The third-order valence-electron chi connectivity index (χ3n) is 3.85. The number of phenolic OH excluding ortho intramolecular Hbond substituents is 2. The molecule has 0 radical (unpaired) electrons. The molecule has 0 saturated heterocycles. The van der Waals surface area contributed by atoms with Gasteiger partial charge in [-0.15, -0.1) is 0 Å². The molecule has 17 heavy (non-hydrogen) atoms. The minimum absolute atomic E-state index is 0.102. The van der Waals surface area contributed by atoms with Crippen LogP contribution in [0.5, 0.6) is 11.5 Å². The van der Waals surface area contributed by atoms with Crippen molar-refractivity contribution in [3.8, 4) is 11.5 Å². The van der Waals surface area contributed by atoms with Gasteiger partial charge >= 0.3 is 0 Å². The molecule has 1 aromatic rings. The third-order valence-corrected chi connectivity index (χ3v) is 3.85. The van der Waals surface area contributed by atoms with Crippen LogP contribution < -0.4 is 5.32 Å². The van der Waals surface area contributed by atoms with Crippen LogP contribution in [-0.4, -0.2) is 16.3 Å². The summed E-state index contributed by atoms with van der Waals surface area (Å²) >= 11 is 0. The summed E-state index contributed by atoms with van der Waals surface area (Å²) in [6, 6.07) is 5.36. The van der Waals surface area contributed by atoms with E-state index in [0.29, 0.717) is 6.04 Å². The van der Waals surface area contributed by atoms with Crippen molar-refractivity contribution >= 4 is 0 Å². The van der Waals surface area contributed by atoms with Gasteiger partial charge in [-0.3, -0.25) is 0 Å². The number of hydrogen-bond donors (Lipinski definition) is 3. The zero-order valence-electron chi connectivity index (χ0n) is 10.5. The van der Waals surface area contributed by atoms with Crippen molar-refractivity contribution in [2.24, 2.45) is 5.92 Å². The maximum atomic E-state index is 9.78. The number of phenols is 2. The average Bonchev–Trinajstić information content (AvgIpc) is 2.13. The molecule has 1 fully saturated rings. The van der Waals surface area contributed by atoms with Crippen LogP contribution in [0.4, 0.5) is 0 Å². The van der Waals surface area contributed by atoms with Crippen molar-refractivity contribution in [2.45, 2.75) is 45.2 Å². The van der Waals surface area contributed by atoms with E-state index in [4.69, 9.17) is 0 Å². The Morgan fingerprint density at radius 3 is 2.47 bits per heavy atom. The molecule has 0 aliphatic heterocycles. The minimum Gasteiger partial charge on any atom is -0.508 e. The second-order valence-corrected chi connectivity index (χ2v) is 5.11. The Hall–Kier alpha value is -1.22. The molecule has 0 bridgehead atoms. The molecule has 2 rings (SSSR count). The van der Waals surface area contributed by atoms with Gasteiger partial charge in [-0.25, -0.2) is 0 Å². The minimum atomic E-state index is 0.102. The van der Waals surface area contributed by atoms with Gasteiger partial charge < -0.3 is 15.5 Å². The fourth-order valence-electron chi connectivity index (χ4n) is 2.46. The number of nitrogens with one attached hydrogen (secondary N) is 1. The summed E-state index contributed by atoms with van der Waals surface area (Å²) in [5.41, 5.74) is 0.842. The molecule has 2 atom stereocenters.